The average molecular weight is 341 g/mol. The highest BCUT2D eigenvalue weighted by molar-refractivity contribution is 5.86. The number of benzene rings is 1. The molecule has 1 aliphatic heterocycles. The lowest BCUT2D eigenvalue weighted by molar-refractivity contribution is 0.491. The van der Waals surface area contributed by atoms with Crippen molar-refractivity contribution in [3.8, 4) is 0 Å². The molecule has 130 valence electrons. The fraction of sp³-hybridized carbons (Fsp3) is 0.353. The Morgan fingerprint density at radius 2 is 2.08 bits per heavy atom. The molecule has 1 saturated heterocycles. The molecule has 0 spiro atoms. The smallest absolute Gasteiger partial charge is 0.163 e. The lowest BCUT2D eigenvalue weighted by Gasteiger charge is -2.19. The van der Waals surface area contributed by atoms with Crippen molar-refractivity contribution in [3.05, 3.63) is 47.7 Å². The number of anilines is 1. The Labute approximate surface area is 144 Å². The number of hydrogen-bond donors (Lipinski definition) is 3. The number of aromatic nitrogens is 4. The number of nitrogens with one attached hydrogen (secondary N) is 3. The minimum Gasteiger partial charge on any atom is -0.369 e. The number of fused-ring (bicyclic) bond motifs is 1. The van der Waals surface area contributed by atoms with Crippen LogP contribution in [0.1, 0.15) is 17.4 Å². The van der Waals surface area contributed by atoms with E-state index in [1.54, 1.807) is 10.9 Å². The summed E-state index contributed by atoms with van der Waals surface area (Å²) in [5, 5.41) is 8.61. The molecule has 1 fully saturated rings. The van der Waals surface area contributed by atoms with Gasteiger partial charge in [-0.15, -0.1) is 0 Å². The van der Waals surface area contributed by atoms with E-state index in [0.717, 1.165) is 35.5 Å². The molecule has 8 heteroatoms. The molecule has 4 rings (SSSR count). The van der Waals surface area contributed by atoms with Crippen LogP contribution < -0.4 is 16.2 Å². The van der Waals surface area contributed by atoms with E-state index in [1.807, 2.05) is 26.1 Å². The number of nitrogens with zero attached hydrogens (tertiary/aromatic N) is 4. The summed E-state index contributed by atoms with van der Waals surface area (Å²) in [5.74, 6) is 1.57. The number of hydrogen-bond acceptors (Lipinski definition) is 6. The molecule has 2 atom stereocenters. The first-order valence-corrected chi connectivity index (χ1v) is 8.26. The summed E-state index contributed by atoms with van der Waals surface area (Å²) in [7, 11) is 1.87. The van der Waals surface area contributed by atoms with Crippen molar-refractivity contribution in [1.29, 1.82) is 0 Å². The van der Waals surface area contributed by atoms with Crippen molar-refractivity contribution in [2.45, 2.75) is 13.0 Å². The first-order valence-electron chi connectivity index (χ1n) is 8.26. The van der Waals surface area contributed by atoms with Gasteiger partial charge in [0.1, 0.15) is 17.5 Å². The second-order valence-corrected chi connectivity index (χ2v) is 6.32. The Morgan fingerprint density at radius 3 is 2.88 bits per heavy atom. The molecule has 0 radical (unpaired) electrons. The highest BCUT2D eigenvalue weighted by Gasteiger charge is 2.28. The van der Waals surface area contributed by atoms with Gasteiger partial charge in [-0.05, 0) is 24.6 Å². The van der Waals surface area contributed by atoms with Crippen LogP contribution in [0.4, 0.5) is 10.2 Å². The van der Waals surface area contributed by atoms with Crippen molar-refractivity contribution in [1.82, 2.24) is 30.6 Å². The molecule has 1 aliphatic rings. The summed E-state index contributed by atoms with van der Waals surface area (Å²) in [6, 6.07) is 6.74. The number of hydrazine groups is 1. The molecule has 3 heterocycles. The summed E-state index contributed by atoms with van der Waals surface area (Å²) in [6.07, 6.45) is 1.78. The van der Waals surface area contributed by atoms with Gasteiger partial charge < -0.3 is 5.32 Å². The Balaban J connectivity index is 1.53. The van der Waals surface area contributed by atoms with Gasteiger partial charge in [0.2, 0.25) is 0 Å². The Morgan fingerprint density at radius 1 is 1.28 bits per heavy atom. The first-order chi connectivity index (χ1) is 12.1. The SMILES string of the molecule is Cc1nc(NCC2CNNC2c2ccc(F)cc2)c2cnn(C)c2n1. The van der Waals surface area contributed by atoms with Gasteiger partial charge in [-0.2, -0.15) is 5.10 Å². The standard InChI is InChI=1S/C17H20FN7/c1-10-22-16(14-9-21-25(2)17(14)23-10)19-7-12-8-20-24-15(12)11-3-5-13(18)6-4-11/h3-6,9,12,15,20,24H,7-8H2,1-2H3,(H,19,22,23). The van der Waals surface area contributed by atoms with Gasteiger partial charge in [-0.1, -0.05) is 12.1 Å². The second kappa shape index (κ2) is 6.38. The summed E-state index contributed by atoms with van der Waals surface area (Å²) in [6.45, 7) is 3.41. The highest BCUT2D eigenvalue weighted by Crippen LogP contribution is 2.26. The van der Waals surface area contributed by atoms with E-state index in [0.29, 0.717) is 11.7 Å². The topological polar surface area (TPSA) is 79.7 Å². The van der Waals surface area contributed by atoms with Crippen LogP contribution in [0.15, 0.2) is 30.5 Å². The summed E-state index contributed by atoms with van der Waals surface area (Å²) >= 11 is 0. The van der Waals surface area contributed by atoms with Gasteiger partial charge >= 0.3 is 0 Å². The number of halogens is 1. The van der Waals surface area contributed by atoms with Crippen LogP contribution >= 0.6 is 0 Å². The maximum atomic E-state index is 13.2. The van der Waals surface area contributed by atoms with Crippen LogP contribution in [0.2, 0.25) is 0 Å². The van der Waals surface area contributed by atoms with Crippen molar-refractivity contribution in [2.24, 2.45) is 13.0 Å². The maximum absolute atomic E-state index is 13.2. The van der Waals surface area contributed by atoms with Gasteiger partial charge in [0.15, 0.2) is 5.65 Å². The van der Waals surface area contributed by atoms with Crippen LogP contribution in [0, 0.1) is 18.7 Å². The van der Waals surface area contributed by atoms with E-state index in [2.05, 4.69) is 31.2 Å². The Kier molecular flexibility index (Phi) is 4.06. The minimum absolute atomic E-state index is 0.112. The van der Waals surface area contributed by atoms with E-state index in [-0.39, 0.29) is 11.9 Å². The van der Waals surface area contributed by atoms with Crippen molar-refractivity contribution in [3.63, 3.8) is 0 Å². The summed E-state index contributed by atoms with van der Waals surface area (Å²) < 4.78 is 14.9. The van der Waals surface area contributed by atoms with Gasteiger partial charge in [0, 0.05) is 26.1 Å². The lowest BCUT2D eigenvalue weighted by atomic mass is 9.95. The third-order valence-electron chi connectivity index (χ3n) is 4.56. The van der Waals surface area contributed by atoms with Gasteiger partial charge in [0.05, 0.1) is 17.6 Å². The van der Waals surface area contributed by atoms with Crippen LogP contribution in [0.5, 0.6) is 0 Å². The predicted octanol–water partition coefficient (Wildman–Crippen LogP) is 1.69. The van der Waals surface area contributed by atoms with Gasteiger partial charge in [0.25, 0.3) is 0 Å². The maximum Gasteiger partial charge on any atom is 0.163 e. The highest BCUT2D eigenvalue weighted by atomic mass is 19.1. The molecule has 7 nitrogen and oxygen atoms in total. The average Bonchev–Trinajstić information content (AvgIpc) is 3.21. The van der Waals surface area contributed by atoms with Crippen LogP contribution in [0.25, 0.3) is 11.0 Å². The van der Waals surface area contributed by atoms with E-state index in [4.69, 9.17) is 0 Å². The Bertz CT molecular complexity index is 890. The quantitative estimate of drug-likeness (QED) is 0.670. The zero-order chi connectivity index (χ0) is 17.4. The van der Waals surface area contributed by atoms with Gasteiger partial charge in [-0.3, -0.25) is 10.1 Å². The van der Waals surface area contributed by atoms with Gasteiger partial charge in [-0.25, -0.2) is 19.8 Å². The van der Waals surface area contributed by atoms with Crippen LogP contribution in [-0.4, -0.2) is 32.8 Å². The number of rotatable bonds is 4. The van der Waals surface area contributed by atoms with Crippen molar-refractivity contribution >= 4 is 16.9 Å². The second-order valence-electron chi connectivity index (χ2n) is 6.32. The molecule has 0 amide bonds. The van der Waals surface area contributed by atoms with E-state index in [9.17, 15) is 4.39 Å². The predicted molar refractivity (Wildman–Crippen MR) is 93.3 cm³/mol. The van der Waals surface area contributed by atoms with E-state index < -0.39 is 0 Å². The molecule has 2 aromatic heterocycles. The molecule has 0 aliphatic carbocycles. The largest absolute Gasteiger partial charge is 0.369 e. The summed E-state index contributed by atoms with van der Waals surface area (Å²) in [4.78, 5) is 8.95. The molecular formula is C17H20FN7. The zero-order valence-corrected chi connectivity index (χ0v) is 14.1. The fourth-order valence-corrected chi connectivity index (χ4v) is 3.24. The molecule has 3 aromatic rings. The molecule has 25 heavy (non-hydrogen) atoms. The normalized spacial score (nSPS) is 20.3. The molecule has 0 bridgehead atoms. The molecule has 3 N–H and O–H groups in total. The first kappa shape index (κ1) is 15.9. The van der Waals surface area contributed by atoms with Crippen molar-refractivity contribution < 1.29 is 4.39 Å². The molecule has 0 saturated carbocycles. The number of aryl methyl sites for hydroxylation is 2. The molecular weight excluding hydrogens is 321 g/mol. The Hall–Kier alpha value is -2.58. The van der Waals surface area contributed by atoms with E-state index in [1.165, 1.54) is 12.1 Å². The third kappa shape index (κ3) is 3.06. The fourth-order valence-electron chi connectivity index (χ4n) is 3.24. The zero-order valence-electron chi connectivity index (χ0n) is 14.1. The van der Waals surface area contributed by atoms with E-state index >= 15 is 0 Å². The minimum atomic E-state index is -0.222. The van der Waals surface area contributed by atoms with Crippen LogP contribution in [-0.2, 0) is 7.05 Å². The van der Waals surface area contributed by atoms with Crippen molar-refractivity contribution in [2.75, 3.05) is 18.4 Å². The monoisotopic (exact) mass is 341 g/mol. The molecule has 2 unspecified atom stereocenters. The lowest BCUT2D eigenvalue weighted by Crippen LogP contribution is -2.26. The third-order valence-corrected chi connectivity index (χ3v) is 4.56. The summed E-state index contributed by atoms with van der Waals surface area (Å²) in [5.41, 5.74) is 8.33. The molecule has 1 aromatic carbocycles. The van der Waals surface area contributed by atoms with Crippen LogP contribution in [0.3, 0.4) is 0 Å².